The maximum Gasteiger partial charge on any atom is -0.0354 e. The Hall–Kier alpha value is 0. The monoisotopic (exact) mass is 186 g/mol. The molecule has 0 heteroatoms. The number of rotatable bonds is 7. The summed E-state index contributed by atoms with van der Waals surface area (Å²) in [6, 6.07) is 0. The van der Waals surface area contributed by atoms with Crippen molar-refractivity contribution < 1.29 is 0 Å². The molecule has 13 heavy (non-hydrogen) atoms. The predicted octanol–water partition coefficient (Wildman–Crippen LogP) is 5.42. The molecule has 0 atom stereocenters. The van der Waals surface area contributed by atoms with Crippen molar-refractivity contribution in [1.29, 1.82) is 0 Å². The van der Waals surface area contributed by atoms with E-state index in [-0.39, 0.29) is 7.43 Å². The first-order chi connectivity index (χ1) is 5.62. The number of hydrogen-bond acceptors (Lipinski definition) is 0. The van der Waals surface area contributed by atoms with Gasteiger partial charge in [-0.05, 0) is 18.3 Å². The zero-order valence-corrected chi connectivity index (χ0v) is 9.45. The molecule has 0 aromatic rings. The second-order valence-corrected chi connectivity index (χ2v) is 4.72. The van der Waals surface area contributed by atoms with Crippen LogP contribution in [-0.2, 0) is 0 Å². The van der Waals surface area contributed by atoms with Gasteiger partial charge in [-0.2, -0.15) is 0 Å². The van der Waals surface area contributed by atoms with Crippen LogP contribution in [0, 0.1) is 5.41 Å². The SMILES string of the molecule is C.CCCCCC(C)(C)CCCC. The van der Waals surface area contributed by atoms with Gasteiger partial charge in [0.25, 0.3) is 0 Å². The van der Waals surface area contributed by atoms with Crippen LogP contribution in [0.2, 0.25) is 0 Å². The Kier molecular flexibility index (Phi) is 10.2. The van der Waals surface area contributed by atoms with Gasteiger partial charge in [0, 0.05) is 0 Å². The molecule has 0 heterocycles. The fraction of sp³-hybridized carbons (Fsp3) is 1.00. The average Bonchev–Trinajstić information content (AvgIpc) is 2.01. The van der Waals surface area contributed by atoms with Crippen LogP contribution >= 0.6 is 0 Å². The van der Waals surface area contributed by atoms with Gasteiger partial charge in [-0.25, -0.2) is 0 Å². The summed E-state index contributed by atoms with van der Waals surface area (Å²) in [6.45, 7) is 9.39. The van der Waals surface area contributed by atoms with Crippen LogP contribution in [0.4, 0.5) is 0 Å². The van der Waals surface area contributed by atoms with E-state index in [1.807, 2.05) is 0 Å². The third-order valence-electron chi connectivity index (χ3n) is 2.66. The predicted molar refractivity (Wildman–Crippen MR) is 64.2 cm³/mol. The van der Waals surface area contributed by atoms with Gasteiger partial charge in [-0.3, -0.25) is 0 Å². The lowest BCUT2D eigenvalue weighted by molar-refractivity contribution is 0.287. The van der Waals surface area contributed by atoms with E-state index in [0.717, 1.165) is 0 Å². The van der Waals surface area contributed by atoms with Crippen LogP contribution in [0.1, 0.15) is 80.1 Å². The molecule has 0 saturated carbocycles. The molecule has 0 aliphatic carbocycles. The minimum atomic E-state index is 0. The highest BCUT2D eigenvalue weighted by Gasteiger charge is 2.15. The minimum Gasteiger partial charge on any atom is -0.0776 e. The Morgan fingerprint density at radius 1 is 0.769 bits per heavy atom. The molecule has 0 nitrogen and oxygen atoms in total. The van der Waals surface area contributed by atoms with Crippen LogP contribution < -0.4 is 0 Å². The van der Waals surface area contributed by atoms with E-state index in [4.69, 9.17) is 0 Å². The lowest BCUT2D eigenvalue weighted by Gasteiger charge is -2.24. The van der Waals surface area contributed by atoms with Crippen LogP contribution in [0.25, 0.3) is 0 Å². The van der Waals surface area contributed by atoms with Crippen LogP contribution in [0.5, 0.6) is 0 Å². The molecule has 0 spiro atoms. The van der Waals surface area contributed by atoms with Crippen molar-refractivity contribution >= 4 is 0 Å². The molecule has 0 aromatic carbocycles. The first-order valence-corrected chi connectivity index (χ1v) is 5.62. The number of hydrogen-bond donors (Lipinski definition) is 0. The van der Waals surface area contributed by atoms with Crippen molar-refractivity contribution in [3.05, 3.63) is 0 Å². The summed E-state index contributed by atoms with van der Waals surface area (Å²) in [5.74, 6) is 0. The molecule has 0 aliphatic rings. The van der Waals surface area contributed by atoms with Gasteiger partial charge in [-0.15, -0.1) is 0 Å². The largest absolute Gasteiger partial charge is 0.0776 e. The van der Waals surface area contributed by atoms with Gasteiger partial charge in [0.05, 0.1) is 0 Å². The fourth-order valence-corrected chi connectivity index (χ4v) is 1.63. The molecule has 0 fully saturated rings. The summed E-state index contributed by atoms with van der Waals surface area (Å²) in [5, 5.41) is 0. The Balaban J connectivity index is 0. The summed E-state index contributed by atoms with van der Waals surface area (Å²) in [7, 11) is 0. The van der Waals surface area contributed by atoms with E-state index in [1.165, 1.54) is 44.9 Å². The van der Waals surface area contributed by atoms with E-state index >= 15 is 0 Å². The Morgan fingerprint density at radius 2 is 1.23 bits per heavy atom. The molecule has 0 N–H and O–H groups in total. The molecule has 82 valence electrons. The summed E-state index contributed by atoms with van der Waals surface area (Å²) in [6.07, 6.45) is 9.76. The smallest absolute Gasteiger partial charge is 0.0354 e. The summed E-state index contributed by atoms with van der Waals surface area (Å²) in [5.41, 5.74) is 0.602. The number of unbranched alkanes of at least 4 members (excludes halogenated alkanes) is 3. The molecular formula is C13H30. The quantitative estimate of drug-likeness (QED) is 0.466. The Morgan fingerprint density at radius 3 is 1.69 bits per heavy atom. The third kappa shape index (κ3) is 9.92. The van der Waals surface area contributed by atoms with Crippen molar-refractivity contribution in [2.24, 2.45) is 5.41 Å². The molecule has 0 bridgehead atoms. The maximum atomic E-state index is 2.42. The van der Waals surface area contributed by atoms with Crippen molar-refractivity contribution in [2.45, 2.75) is 80.1 Å². The van der Waals surface area contributed by atoms with Gasteiger partial charge in [0.15, 0.2) is 0 Å². The van der Waals surface area contributed by atoms with Crippen molar-refractivity contribution in [3.8, 4) is 0 Å². The van der Waals surface area contributed by atoms with Gasteiger partial charge in [-0.1, -0.05) is 67.2 Å². The third-order valence-corrected chi connectivity index (χ3v) is 2.66. The van der Waals surface area contributed by atoms with E-state index in [2.05, 4.69) is 27.7 Å². The van der Waals surface area contributed by atoms with Crippen molar-refractivity contribution in [3.63, 3.8) is 0 Å². The molecule has 0 saturated heterocycles. The van der Waals surface area contributed by atoms with E-state index in [0.29, 0.717) is 5.41 Å². The zero-order valence-electron chi connectivity index (χ0n) is 9.45. The lowest BCUT2D eigenvalue weighted by Crippen LogP contribution is -2.10. The molecule has 0 rings (SSSR count). The topological polar surface area (TPSA) is 0 Å². The minimum absolute atomic E-state index is 0. The summed E-state index contributed by atoms with van der Waals surface area (Å²) >= 11 is 0. The van der Waals surface area contributed by atoms with Gasteiger partial charge < -0.3 is 0 Å². The van der Waals surface area contributed by atoms with E-state index < -0.39 is 0 Å². The summed E-state index contributed by atoms with van der Waals surface area (Å²) < 4.78 is 0. The molecule has 0 aromatic heterocycles. The average molecular weight is 186 g/mol. The van der Waals surface area contributed by atoms with E-state index in [1.54, 1.807) is 0 Å². The maximum absolute atomic E-state index is 2.42. The molecule has 0 amide bonds. The van der Waals surface area contributed by atoms with Gasteiger partial charge in [0.1, 0.15) is 0 Å². The van der Waals surface area contributed by atoms with Gasteiger partial charge in [0.2, 0.25) is 0 Å². The zero-order chi connectivity index (χ0) is 9.45. The standard InChI is InChI=1S/C12H26.CH4/c1-5-7-9-11-12(3,4)10-8-6-2;/h5-11H2,1-4H3;1H4. The van der Waals surface area contributed by atoms with Gasteiger partial charge >= 0.3 is 0 Å². The molecule has 0 unspecified atom stereocenters. The first-order valence-electron chi connectivity index (χ1n) is 5.62. The fourth-order valence-electron chi connectivity index (χ4n) is 1.63. The normalized spacial score (nSPS) is 11.1. The lowest BCUT2D eigenvalue weighted by atomic mass is 9.82. The molecule has 0 radical (unpaired) electrons. The Labute approximate surface area is 86.1 Å². The first kappa shape index (κ1) is 15.5. The highest BCUT2D eigenvalue weighted by atomic mass is 14.2. The van der Waals surface area contributed by atoms with Crippen LogP contribution in [0.15, 0.2) is 0 Å². The Bertz CT molecular complexity index is 92.2. The molecule has 0 aliphatic heterocycles. The summed E-state index contributed by atoms with van der Waals surface area (Å²) in [4.78, 5) is 0. The second-order valence-electron chi connectivity index (χ2n) is 4.72. The van der Waals surface area contributed by atoms with Crippen LogP contribution in [-0.4, -0.2) is 0 Å². The van der Waals surface area contributed by atoms with Crippen LogP contribution in [0.3, 0.4) is 0 Å². The van der Waals surface area contributed by atoms with Crippen molar-refractivity contribution in [1.82, 2.24) is 0 Å². The highest BCUT2D eigenvalue weighted by molar-refractivity contribution is 4.67. The van der Waals surface area contributed by atoms with E-state index in [9.17, 15) is 0 Å². The molecular weight excluding hydrogens is 156 g/mol. The highest BCUT2D eigenvalue weighted by Crippen LogP contribution is 2.29. The van der Waals surface area contributed by atoms with Crippen molar-refractivity contribution in [2.75, 3.05) is 0 Å². The second kappa shape index (κ2) is 8.59.